The van der Waals surface area contributed by atoms with Crippen LogP contribution in [0.15, 0.2) is 46.9 Å². The third-order valence-electron chi connectivity index (χ3n) is 2.89. The molecule has 3 nitrogen and oxygen atoms in total. The van der Waals surface area contributed by atoms with E-state index < -0.39 is 17.8 Å². The van der Waals surface area contributed by atoms with Crippen molar-refractivity contribution in [3.63, 3.8) is 0 Å². The number of anilines is 1. The fourth-order valence-electron chi connectivity index (χ4n) is 1.82. The number of benzene rings is 2. The Balaban J connectivity index is 2.37. The highest BCUT2D eigenvalue weighted by molar-refractivity contribution is 9.10. The van der Waals surface area contributed by atoms with Crippen LogP contribution in [0.5, 0.6) is 0 Å². The number of rotatable bonds is 4. The summed E-state index contributed by atoms with van der Waals surface area (Å²) in [6.07, 6.45) is 0. The van der Waals surface area contributed by atoms with Crippen LogP contribution >= 0.6 is 27.5 Å². The van der Waals surface area contributed by atoms with E-state index in [0.717, 1.165) is 4.47 Å². The number of halogens is 3. The second-order valence-corrected chi connectivity index (χ2v) is 5.52. The van der Waals surface area contributed by atoms with Gasteiger partial charge in [-0.15, -0.1) is 0 Å². The summed E-state index contributed by atoms with van der Waals surface area (Å²) in [6.45, 7) is 0. The molecule has 110 valence electrons. The molecule has 0 aliphatic rings. The number of hydrogen-bond acceptors (Lipinski definition) is 3. The zero-order valence-corrected chi connectivity index (χ0v) is 13.4. The molecule has 2 aromatic rings. The molecule has 0 saturated heterocycles. The Morgan fingerprint density at radius 2 is 2.05 bits per heavy atom. The Morgan fingerprint density at radius 1 is 1.33 bits per heavy atom. The maximum atomic E-state index is 13.3. The molecule has 2 aromatic carbocycles. The number of ether oxygens (including phenoxy) is 1. The molecule has 0 heterocycles. The summed E-state index contributed by atoms with van der Waals surface area (Å²) >= 11 is 9.17. The van der Waals surface area contributed by atoms with Crippen LogP contribution < -0.4 is 5.32 Å². The van der Waals surface area contributed by atoms with E-state index in [0.29, 0.717) is 11.3 Å². The molecule has 2 rings (SSSR count). The van der Waals surface area contributed by atoms with Crippen molar-refractivity contribution in [3.05, 3.63) is 63.3 Å². The zero-order chi connectivity index (χ0) is 15.4. The normalized spacial score (nSPS) is 11.8. The van der Waals surface area contributed by atoms with Crippen molar-refractivity contribution in [2.75, 3.05) is 12.4 Å². The first-order valence-electron chi connectivity index (χ1n) is 6.06. The van der Waals surface area contributed by atoms with Crippen LogP contribution in [-0.4, -0.2) is 13.1 Å². The Hall–Kier alpha value is -1.59. The lowest BCUT2D eigenvalue weighted by Crippen LogP contribution is -2.22. The molecule has 6 heteroatoms. The Kier molecular flexibility index (Phi) is 5.20. The molecule has 0 saturated carbocycles. The molecule has 1 unspecified atom stereocenters. The second kappa shape index (κ2) is 6.91. The highest BCUT2D eigenvalue weighted by Crippen LogP contribution is 2.28. The van der Waals surface area contributed by atoms with Gasteiger partial charge in [0, 0.05) is 10.2 Å². The summed E-state index contributed by atoms with van der Waals surface area (Å²) in [4.78, 5) is 12.0. The minimum Gasteiger partial charge on any atom is -0.467 e. The molecule has 0 radical (unpaired) electrons. The van der Waals surface area contributed by atoms with Crippen LogP contribution in [0.1, 0.15) is 11.6 Å². The number of nitrogens with one attached hydrogen (secondary N) is 1. The second-order valence-electron chi connectivity index (χ2n) is 4.25. The number of carbonyl (C=O) groups excluding carboxylic acids is 1. The van der Waals surface area contributed by atoms with Crippen LogP contribution in [-0.2, 0) is 9.53 Å². The summed E-state index contributed by atoms with van der Waals surface area (Å²) in [7, 11) is 1.29. The predicted molar refractivity (Wildman–Crippen MR) is 83.9 cm³/mol. The van der Waals surface area contributed by atoms with Gasteiger partial charge in [0.1, 0.15) is 5.82 Å². The lowest BCUT2D eigenvalue weighted by molar-refractivity contribution is -0.141. The fraction of sp³-hybridized carbons (Fsp3) is 0.133. The Bertz CT molecular complexity index is 666. The predicted octanol–water partition coefficient (Wildman–Crippen LogP) is 4.57. The summed E-state index contributed by atoms with van der Waals surface area (Å²) in [5.41, 5.74) is 1.23. The average molecular weight is 373 g/mol. The van der Waals surface area contributed by atoms with Gasteiger partial charge in [-0.3, -0.25) is 0 Å². The largest absolute Gasteiger partial charge is 0.467 e. The standard InChI is InChI=1S/C15H12BrClFNO2/c1-21-15(20)14(9-6-7-12(18)11(17)8-9)19-13-5-3-2-4-10(13)16/h2-8,14,19H,1H3. The minimum absolute atomic E-state index is 0.0460. The Morgan fingerprint density at radius 3 is 2.67 bits per heavy atom. The Labute approximate surface area is 135 Å². The topological polar surface area (TPSA) is 38.3 Å². The number of para-hydroxylation sites is 1. The third-order valence-corrected chi connectivity index (χ3v) is 3.87. The van der Waals surface area contributed by atoms with Gasteiger partial charge in [-0.2, -0.15) is 0 Å². The lowest BCUT2D eigenvalue weighted by Gasteiger charge is -2.19. The van der Waals surface area contributed by atoms with E-state index in [1.165, 1.54) is 25.3 Å². The molecule has 21 heavy (non-hydrogen) atoms. The molecule has 0 bridgehead atoms. The van der Waals surface area contributed by atoms with Crippen molar-refractivity contribution in [1.29, 1.82) is 0 Å². The van der Waals surface area contributed by atoms with E-state index in [4.69, 9.17) is 16.3 Å². The van der Waals surface area contributed by atoms with Crippen molar-refractivity contribution in [1.82, 2.24) is 0 Å². The van der Waals surface area contributed by atoms with E-state index in [9.17, 15) is 9.18 Å². The first kappa shape index (κ1) is 15.8. The van der Waals surface area contributed by atoms with Crippen molar-refractivity contribution in [2.45, 2.75) is 6.04 Å². The van der Waals surface area contributed by atoms with Crippen molar-refractivity contribution < 1.29 is 13.9 Å². The summed E-state index contributed by atoms with van der Waals surface area (Å²) in [5, 5.41) is 3.01. The summed E-state index contributed by atoms with van der Waals surface area (Å²) in [6, 6.07) is 10.7. The molecule has 0 aromatic heterocycles. The molecule has 0 spiro atoms. The average Bonchev–Trinajstić information content (AvgIpc) is 2.48. The van der Waals surface area contributed by atoms with Gasteiger partial charge < -0.3 is 10.1 Å². The first-order valence-corrected chi connectivity index (χ1v) is 7.24. The lowest BCUT2D eigenvalue weighted by atomic mass is 10.1. The molecule has 0 amide bonds. The highest BCUT2D eigenvalue weighted by Gasteiger charge is 2.23. The summed E-state index contributed by atoms with van der Waals surface area (Å²) in [5.74, 6) is -1.03. The van der Waals surface area contributed by atoms with E-state index in [-0.39, 0.29) is 5.02 Å². The number of hydrogen-bond donors (Lipinski definition) is 1. The number of carbonyl (C=O) groups is 1. The first-order chi connectivity index (χ1) is 10.0. The maximum absolute atomic E-state index is 13.3. The van der Waals surface area contributed by atoms with Gasteiger partial charge in [0.2, 0.25) is 0 Å². The maximum Gasteiger partial charge on any atom is 0.332 e. The smallest absolute Gasteiger partial charge is 0.332 e. The van der Waals surface area contributed by atoms with Crippen LogP contribution in [0.4, 0.5) is 10.1 Å². The van der Waals surface area contributed by atoms with Gasteiger partial charge in [-0.25, -0.2) is 9.18 Å². The molecule has 1 N–H and O–H groups in total. The molecular formula is C15H12BrClFNO2. The van der Waals surface area contributed by atoms with Crippen molar-refractivity contribution >= 4 is 39.2 Å². The van der Waals surface area contributed by atoms with Gasteiger partial charge >= 0.3 is 5.97 Å². The van der Waals surface area contributed by atoms with Crippen LogP contribution in [0.25, 0.3) is 0 Å². The van der Waals surface area contributed by atoms with E-state index in [1.54, 1.807) is 0 Å². The number of esters is 1. The van der Waals surface area contributed by atoms with Gasteiger partial charge in [-0.1, -0.05) is 29.8 Å². The van der Waals surface area contributed by atoms with Gasteiger partial charge in [0.25, 0.3) is 0 Å². The van der Waals surface area contributed by atoms with Crippen molar-refractivity contribution in [3.8, 4) is 0 Å². The molecule has 1 atom stereocenters. The minimum atomic E-state index is -0.785. The van der Waals surface area contributed by atoms with Crippen molar-refractivity contribution in [2.24, 2.45) is 0 Å². The van der Waals surface area contributed by atoms with Gasteiger partial charge in [0.05, 0.1) is 12.1 Å². The molecule has 0 fully saturated rings. The summed E-state index contributed by atoms with van der Waals surface area (Å²) < 4.78 is 18.9. The monoisotopic (exact) mass is 371 g/mol. The fourth-order valence-corrected chi connectivity index (χ4v) is 2.41. The zero-order valence-electron chi connectivity index (χ0n) is 11.1. The van der Waals surface area contributed by atoms with E-state index >= 15 is 0 Å². The highest BCUT2D eigenvalue weighted by atomic mass is 79.9. The number of methoxy groups -OCH3 is 1. The third kappa shape index (κ3) is 3.74. The van der Waals surface area contributed by atoms with E-state index in [1.807, 2.05) is 24.3 Å². The molecule has 0 aliphatic heterocycles. The molecule has 0 aliphatic carbocycles. The van der Waals surface area contributed by atoms with Crippen LogP contribution in [0.3, 0.4) is 0 Å². The van der Waals surface area contributed by atoms with Gasteiger partial charge in [-0.05, 0) is 45.8 Å². The SMILES string of the molecule is COC(=O)C(Nc1ccccc1Br)c1ccc(F)c(Cl)c1. The van der Waals surface area contributed by atoms with Gasteiger partial charge in [0.15, 0.2) is 6.04 Å². The quantitative estimate of drug-likeness (QED) is 0.799. The van der Waals surface area contributed by atoms with Crippen LogP contribution in [0.2, 0.25) is 5.02 Å². The van der Waals surface area contributed by atoms with E-state index in [2.05, 4.69) is 21.2 Å². The molecular weight excluding hydrogens is 361 g/mol. The van der Waals surface area contributed by atoms with Crippen LogP contribution in [0, 0.1) is 5.82 Å².